The van der Waals surface area contributed by atoms with E-state index < -0.39 is 12.1 Å². The summed E-state index contributed by atoms with van der Waals surface area (Å²) in [6, 6.07) is 0. The maximum Gasteiger partial charge on any atom is 0.332 e. The van der Waals surface area contributed by atoms with Crippen molar-refractivity contribution in [3.05, 3.63) is 0 Å². The minimum absolute atomic E-state index is 0.0495. The topological polar surface area (TPSA) is 75.6 Å². The van der Waals surface area contributed by atoms with Crippen molar-refractivity contribution in [3.63, 3.8) is 0 Å². The molecule has 1 saturated carbocycles. The van der Waals surface area contributed by atoms with E-state index in [1.165, 1.54) is 26.2 Å². The van der Waals surface area contributed by atoms with Crippen LogP contribution in [0, 0.1) is 5.92 Å². The molecule has 5 nitrogen and oxygen atoms in total. The molecule has 0 aliphatic heterocycles. The highest BCUT2D eigenvalue weighted by atomic mass is 16.5. The summed E-state index contributed by atoms with van der Waals surface area (Å²) in [4.78, 5) is 22.1. The molecular formula is C13H23NO4. The Hall–Kier alpha value is -1.10. The third kappa shape index (κ3) is 6.00. The van der Waals surface area contributed by atoms with Crippen molar-refractivity contribution in [1.82, 2.24) is 5.32 Å². The lowest BCUT2D eigenvalue weighted by molar-refractivity contribution is -0.148. The van der Waals surface area contributed by atoms with Crippen molar-refractivity contribution < 1.29 is 19.4 Å². The van der Waals surface area contributed by atoms with Gasteiger partial charge in [0, 0.05) is 13.0 Å². The summed E-state index contributed by atoms with van der Waals surface area (Å²) in [6.07, 6.45) is 5.84. The number of aliphatic carboxylic acids is 1. The van der Waals surface area contributed by atoms with Gasteiger partial charge in [-0.1, -0.05) is 19.3 Å². The molecule has 1 aliphatic carbocycles. The Labute approximate surface area is 108 Å². The standard InChI is InChI=1S/C13H23NO4/c1-10(13(16)17)18-8-7-14-12(15)9-11-5-3-2-4-6-11/h10-11H,2-9H2,1H3,(H,14,15)(H,16,17). The summed E-state index contributed by atoms with van der Waals surface area (Å²) in [5.74, 6) is -0.408. The molecule has 0 heterocycles. The fourth-order valence-electron chi connectivity index (χ4n) is 2.22. The molecule has 0 radical (unpaired) electrons. The number of nitrogens with one attached hydrogen (secondary N) is 1. The van der Waals surface area contributed by atoms with E-state index in [-0.39, 0.29) is 12.5 Å². The molecule has 18 heavy (non-hydrogen) atoms. The first-order valence-corrected chi connectivity index (χ1v) is 6.70. The van der Waals surface area contributed by atoms with Gasteiger partial charge in [0.1, 0.15) is 0 Å². The van der Waals surface area contributed by atoms with Crippen LogP contribution in [0.1, 0.15) is 45.4 Å². The fraction of sp³-hybridized carbons (Fsp3) is 0.846. The van der Waals surface area contributed by atoms with Gasteiger partial charge in [-0.25, -0.2) is 4.79 Å². The van der Waals surface area contributed by atoms with Crippen LogP contribution in [0.4, 0.5) is 0 Å². The molecule has 2 N–H and O–H groups in total. The molecule has 1 amide bonds. The van der Waals surface area contributed by atoms with Crippen LogP contribution in [0.3, 0.4) is 0 Å². The number of amides is 1. The minimum Gasteiger partial charge on any atom is -0.479 e. The minimum atomic E-state index is -0.983. The van der Waals surface area contributed by atoms with Crippen molar-refractivity contribution in [2.75, 3.05) is 13.2 Å². The largest absolute Gasteiger partial charge is 0.479 e. The summed E-state index contributed by atoms with van der Waals surface area (Å²) in [6.45, 7) is 2.10. The van der Waals surface area contributed by atoms with Crippen molar-refractivity contribution in [1.29, 1.82) is 0 Å². The number of carboxylic acids is 1. The average Bonchev–Trinajstić information content (AvgIpc) is 2.35. The van der Waals surface area contributed by atoms with Crippen LogP contribution in [0.15, 0.2) is 0 Å². The van der Waals surface area contributed by atoms with Crippen molar-refractivity contribution in [3.8, 4) is 0 Å². The Morgan fingerprint density at radius 1 is 1.33 bits per heavy atom. The maximum atomic E-state index is 11.6. The van der Waals surface area contributed by atoms with Gasteiger partial charge in [0.05, 0.1) is 6.61 Å². The van der Waals surface area contributed by atoms with Crippen molar-refractivity contribution >= 4 is 11.9 Å². The van der Waals surface area contributed by atoms with Crippen molar-refractivity contribution in [2.45, 2.75) is 51.6 Å². The monoisotopic (exact) mass is 257 g/mol. The second-order valence-electron chi connectivity index (χ2n) is 4.91. The normalized spacial score (nSPS) is 18.3. The summed E-state index contributed by atoms with van der Waals surface area (Å²) >= 11 is 0. The molecule has 0 aromatic rings. The molecule has 1 aliphatic rings. The fourth-order valence-corrected chi connectivity index (χ4v) is 2.22. The van der Waals surface area contributed by atoms with E-state index >= 15 is 0 Å². The molecule has 1 fully saturated rings. The van der Waals surface area contributed by atoms with E-state index in [0.717, 1.165) is 12.8 Å². The zero-order valence-corrected chi connectivity index (χ0v) is 11.0. The molecule has 104 valence electrons. The molecule has 1 rings (SSSR count). The average molecular weight is 257 g/mol. The van der Waals surface area contributed by atoms with Gasteiger partial charge in [-0.05, 0) is 25.7 Å². The predicted molar refractivity (Wildman–Crippen MR) is 67.3 cm³/mol. The molecule has 0 saturated heterocycles. The van der Waals surface area contributed by atoms with Crippen LogP contribution in [-0.2, 0) is 14.3 Å². The quantitative estimate of drug-likeness (QED) is 0.679. The molecule has 5 heteroatoms. The molecule has 0 aromatic carbocycles. The molecule has 1 atom stereocenters. The molecule has 0 aromatic heterocycles. The number of carbonyl (C=O) groups excluding carboxylic acids is 1. The zero-order valence-electron chi connectivity index (χ0n) is 11.0. The van der Waals surface area contributed by atoms with E-state index in [1.54, 1.807) is 0 Å². The Balaban J connectivity index is 2.04. The van der Waals surface area contributed by atoms with Crippen LogP contribution in [0.25, 0.3) is 0 Å². The van der Waals surface area contributed by atoms with Crippen LogP contribution >= 0.6 is 0 Å². The van der Waals surface area contributed by atoms with Gasteiger partial charge in [0.15, 0.2) is 6.10 Å². The first-order valence-electron chi connectivity index (χ1n) is 6.70. The van der Waals surface area contributed by atoms with Gasteiger partial charge in [-0.3, -0.25) is 4.79 Å². The Bertz CT molecular complexity index is 274. The second-order valence-corrected chi connectivity index (χ2v) is 4.91. The molecule has 1 unspecified atom stereocenters. The lowest BCUT2D eigenvalue weighted by atomic mass is 9.87. The van der Waals surface area contributed by atoms with E-state index in [9.17, 15) is 9.59 Å². The van der Waals surface area contributed by atoms with Gasteiger partial charge in [-0.2, -0.15) is 0 Å². The van der Waals surface area contributed by atoms with Gasteiger partial charge < -0.3 is 15.2 Å². The van der Waals surface area contributed by atoms with Crippen LogP contribution in [-0.4, -0.2) is 36.2 Å². The summed E-state index contributed by atoms with van der Waals surface area (Å²) in [7, 11) is 0. The highest BCUT2D eigenvalue weighted by molar-refractivity contribution is 5.76. The number of ether oxygens (including phenoxy) is 1. The second kappa shape index (κ2) is 8.08. The van der Waals surface area contributed by atoms with Gasteiger partial charge in [0.2, 0.25) is 5.91 Å². The molecule has 0 spiro atoms. The van der Waals surface area contributed by atoms with E-state index in [1.807, 2.05) is 0 Å². The number of carbonyl (C=O) groups is 2. The summed E-state index contributed by atoms with van der Waals surface area (Å²) < 4.78 is 5.03. The molecular weight excluding hydrogens is 234 g/mol. The van der Waals surface area contributed by atoms with E-state index in [2.05, 4.69) is 5.32 Å². The SMILES string of the molecule is CC(OCCNC(=O)CC1CCCCC1)C(=O)O. The Morgan fingerprint density at radius 2 is 2.00 bits per heavy atom. The van der Waals surface area contributed by atoms with Gasteiger partial charge in [0.25, 0.3) is 0 Å². The Kier molecular flexibility index (Phi) is 6.72. The third-order valence-corrected chi connectivity index (χ3v) is 3.34. The lowest BCUT2D eigenvalue weighted by Gasteiger charge is -2.20. The predicted octanol–water partition coefficient (Wildman–Crippen LogP) is 1.56. The first kappa shape index (κ1) is 15.0. The van der Waals surface area contributed by atoms with Crippen LogP contribution < -0.4 is 5.32 Å². The van der Waals surface area contributed by atoms with Crippen LogP contribution in [0.5, 0.6) is 0 Å². The Morgan fingerprint density at radius 3 is 2.61 bits per heavy atom. The highest BCUT2D eigenvalue weighted by Crippen LogP contribution is 2.25. The number of hydrogen-bond acceptors (Lipinski definition) is 3. The molecule has 0 bridgehead atoms. The van der Waals surface area contributed by atoms with Crippen LogP contribution in [0.2, 0.25) is 0 Å². The zero-order chi connectivity index (χ0) is 13.4. The maximum absolute atomic E-state index is 11.6. The number of rotatable bonds is 7. The first-order chi connectivity index (χ1) is 8.59. The number of hydrogen-bond donors (Lipinski definition) is 2. The third-order valence-electron chi connectivity index (χ3n) is 3.34. The summed E-state index contributed by atoms with van der Waals surface area (Å²) in [5.41, 5.74) is 0. The van der Waals surface area contributed by atoms with Crippen molar-refractivity contribution in [2.24, 2.45) is 5.92 Å². The number of carboxylic acid groups (broad SMARTS) is 1. The lowest BCUT2D eigenvalue weighted by Crippen LogP contribution is -2.31. The highest BCUT2D eigenvalue weighted by Gasteiger charge is 2.16. The smallest absolute Gasteiger partial charge is 0.332 e. The summed E-state index contributed by atoms with van der Waals surface area (Å²) in [5, 5.41) is 11.4. The van der Waals surface area contributed by atoms with Gasteiger partial charge in [-0.15, -0.1) is 0 Å². The van der Waals surface area contributed by atoms with E-state index in [4.69, 9.17) is 9.84 Å². The van der Waals surface area contributed by atoms with E-state index in [0.29, 0.717) is 18.9 Å². The van der Waals surface area contributed by atoms with Gasteiger partial charge >= 0.3 is 5.97 Å².